The number of benzene rings is 2. The first-order valence-electron chi connectivity index (χ1n) is 9.47. The maximum Gasteiger partial charge on any atom is 0.338 e. The van der Waals surface area contributed by atoms with Gasteiger partial charge in [-0.3, -0.25) is 0 Å². The van der Waals surface area contributed by atoms with Gasteiger partial charge in [0.2, 0.25) is 0 Å². The Labute approximate surface area is 169 Å². The Morgan fingerprint density at radius 3 is 2.62 bits per heavy atom. The second-order valence-corrected chi connectivity index (χ2v) is 6.99. The summed E-state index contributed by atoms with van der Waals surface area (Å²) >= 11 is 0. The molecule has 0 saturated carbocycles. The van der Waals surface area contributed by atoms with Crippen LogP contribution in [0.1, 0.15) is 27.9 Å². The van der Waals surface area contributed by atoms with Crippen LogP contribution in [0.25, 0.3) is 0 Å². The highest BCUT2D eigenvalue weighted by molar-refractivity contribution is 5.89. The Balaban J connectivity index is 1.56. The number of ether oxygens (including phenoxy) is 4. The highest BCUT2D eigenvalue weighted by atomic mass is 16.7. The van der Waals surface area contributed by atoms with Crippen LogP contribution < -0.4 is 4.74 Å². The van der Waals surface area contributed by atoms with E-state index in [1.165, 1.54) is 7.11 Å². The van der Waals surface area contributed by atoms with Crippen molar-refractivity contribution in [1.82, 2.24) is 0 Å². The Bertz CT molecular complexity index is 808. The van der Waals surface area contributed by atoms with Gasteiger partial charge >= 0.3 is 5.97 Å². The van der Waals surface area contributed by atoms with Crippen molar-refractivity contribution in [3.05, 3.63) is 65.2 Å². The zero-order valence-corrected chi connectivity index (χ0v) is 16.5. The van der Waals surface area contributed by atoms with Gasteiger partial charge in [-0.25, -0.2) is 4.79 Å². The molecule has 1 aliphatic heterocycles. The van der Waals surface area contributed by atoms with Gasteiger partial charge in [0.05, 0.1) is 11.7 Å². The number of aliphatic hydroxyl groups excluding tert-OH is 2. The van der Waals surface area contributed by atoms with Crippen LogP contribution in [-0.2, 0) is 20.8 Å². The molecule has 2 aromatic rings. The summed E-state index contributed by atoms with van der Waals surface area (Å²) in [6.07, 6.45) is -3.50. The molecule has 156 valence electrons. The van der Waals surface area contributed by atoms with E-state index in [9.17, 15) is 15.0 Å². The third-order valence-electron chi connectivity index (χ3n) is 4.83. The normalized spacial score (nSPS) is 24.1. The van der Waals surface area contributed by atoms with E-state index in [0.29, 0.717) is 17.9 Å². The lowest BCUT2D eigenvalue weighted by Crippen LogP contribution is -2.50. The third kappa shape index (κ3) is 5.55. The van der Waals surface area contributed by atoms with Crippen molar-refractivity contribution < 1.29 is 34.0 Å². The Hall–Kier alpha value is -2.45. The number of aryl methyl sites for hydroxylation is 1. The molecule has 1 saturated heterocycles. The van der Waals surface area contributed by atoms with Gasteiger partial charge in [-0.05, 0) is 36.2 Å². The second kappa shape index (κ2) is 9.84. The number of esters is 1. The highest BCUT2D eigenvalue weighted by Gasteiger charge is 2.37. The fourth-order valence-corrected chi connectivity index (χ4v) is 3.12. The molecular formula is C22H26O7. The minimum Gasteiger partial charge on any atom is -0.489 e. The van der Waals surface area contributed by atoms with Gasteiger partial charge in [0, 0.05) is 13.5 Å². The van der Waals surface area contributed by atoms with Crippen molar-refractivity contribution in [2.45, 2.75) is 44.6 Å². The number of methoxy groups -OCH3 is 1. The van der Waals surface area contributed by atoms with E-state index in [2.05, 4.69) is 0 Å². The maximum absolute atomic E-state index is 12.4. The number of carbonyl (C=O) groups excluding carboxylic acids is 1. The van der Waals surface area contributed by atoms with Crippen LogP contribution >= 0.6 is 0 Å². The second-order valence-electron chi connectivity index (χ2n) is 6.99. The summed E-state index contributed by atoms with van der Waals surface area (Å²) in [7, 11) is 1.45. The number of aliphatic hydroxyl groups is 2. The fourth-order valence-electron chi connectivity index (χ4n) is 3.12. The Morgan fingerprint density at radius 1 is 1.17 bits per heavy atom. The minimum absolute atomic E-state index is 0.158. The summed E-state index contributed by atoms with van der Waals surface area (Å²) in [5.41, 5.74) is 2.22. The van der Waals surface area contributed by atoms with Crippen LogP contribution in [0.3, 0.4) is 0 Å². The van der Waals surface area contributed by atoms with Gasteiger partial charge in [0.25, 0.3) is 0 Å². The zero-order valence-electron chi connectivity index (χ0n) is 16.5. The van der Waals surface area contributed by atoms with Crippen molar-refractivity contribution >= 4 is 5.97 Å². The molecule has 7 heteroatoms. The van der Waals surface area contributed by atoms with E-state index in [-0.39, 0.29) is 13.0 Å². The van der Waals surface area contributed by atoms with Crippen LogP contribution in [0.15, 0.2) is 48.5 Å². The van der Waals surface area contributed by atoms with Gasteiger partial charge in [0.15, 0.2) is 6.29 Å². The average Bonchev–Trinajstić information content (AvgIpc) is 2.74. The van der Waals surface area contributed by atoms with Gasteiger partial charge in [-0.15, -0.1) is 0 Å². The molecular weight excluding hydrogens is 376 g/mol. The van der Waals surface area contributed by atoms with Gasteiger partial charge in [-0.2, -0.15) is 0 Å². The lowest BCUT2D eigenvalue weighted by Gasteiger charge is -2.35. The Morgan fingerprint density at radius 2 is 1.93 bits per heavy atom. The first-order chi connectivity index (χ1) is 14.0. The van der Waals surface area contributed by atoms with Gasteiger partial charge in [0.1, 0.15) is 31.2 Å². The summed E-state index contributed by atoms with van der Waals surface area (Å²) in [6, 6.07) is 14.8. The molecule has 0 amide bonds. The quantitative estimate of drug-likeness (QED) is 0.686. The van der Waals surface area contributed by atoms with E-state index >= 15 is 0 Å². The molecule has 29 heavy (non-hydrogen) atoms. The molecule has 4 atom stereocenters. The number of hydrogen-bond acceptors (Lipinski definition) is 7. The average molecular weight is 402 g/mol. The smallest absolute Gasteiger partial charge is 0.338 e. The van der Waals surface area contributed by atoms with Gasteiger partial charge in [-0.1, -0.05) is 30.3 Å². The van der Waals surface area contributed by atoms with Crippen molar-refractivity contribution in [2.24, 2.45) is 0 Å². The van der Waals surface area contributed by atoms with Crippen molar-refractivity contribution in [3.8, 4) is 5.75 Å². The van der Waals surface area contributed by atoms with E-state index in [1.807, 2.05) is 37.3 Å². The topological polar surface area (TPSA) is 94.5 Å². The van der Waals surface area contributed by atoms with E-state index in [1.54, 1.807) is 18.2 Å². The molecule has 7 nitrogen and oxygen atoms in total. The third-order valence-corrected chi connectivity index (χ3v) is 4.83. The van der Waals surface area contributed by atoms with Crippen LogP contribution in [0, 0.1) is 6.92 Å². The van der Waals surface area contributed by atoms with Crippen molar-refractivity contribution in [1.29, 1.82) is 0 Å². The first-order valence-corrected chi connectivity index (χ1v) is 9.47. The number of carbonyl (C=O) groups is 1. The maximum atomic E-state index is 12.4. The SMILES string of the molecule is COC1CC(O)[C@H](O)C(COC(=O)c2ccc(OCc3ccccc3)c(C)c2)O1. The van der Waals surface area contributed by atoms with Crippen molar-refractivity contribution in [2.75, 3.05) is 13.7 Å². The monoisotopic (exact) mass is 402 g/mol. The molecule has 0 radical (unpaired) electrons. The minimum atomic E-state index is -1.15. The van der Waals surface area contributed by atoms with Crippen LogP contribution in [0.2, 0.25) is 0 Å². The van der Waals surface area contributed by atoms with Crippen LogP contribution in [0.5, 0.6) is 5.75 Å². The largest absolute Gasteiger partial charge is 0.489 e. The summed E-state index contributed by atoms with van der Waals surface area (Å²) < 4.78 is 21.6. The standard InChI is InChI=1S/C22H26O7/c1-14-10-16(8-9-18(14)27-12-15-6-4-3-5-7-15)22(25)28-13-19-21(24)17(23)11-20(26-2)29-19/h3-10,17,19-21,23-24H,11-13H2,1-2H3/t17?,19?,20?,21-/m0/s1. The Kier molecular flexibility index (Phi) is 7.22. The summed E-state index contributed by atoms with van der Waals surface area (Å²) in [6.45, 7) is 2.10. The van der Waals surface area contributed by atoms with E-state index < -0.39 is 30.6 Å². The summed E-state index contributed by atoms with van der Waals surface area (Å²) in [5, 5.41) is 19.9. The van der Waals surface area contributed by atoms with Gasteiger partial charge < -0.3 is 29.2 Å². The first kappa shape index (κ1) is 21.3. The van der Waals surface area contributed by atoms with Crippen LogP contribution in [-0.4, -0.2) is 54.5 Å². The summed E-state index contributed by atoms with van der Waals surface area (Å²) in [5.74, 6) is 0.134. The molecule has 1 aliphatic rings. The molecule has 2 N–H and O–H groups in total. The lowest BCUT2D eigenvalue weighted by atomic mass is 10.0. The molecule has 1 heterocycles. The van der Waals surface area contributed by atoms with Crippen molar-refractivity contribution in [3.63, 3.8) is 0 Å². The zero-order chi connectivity index (χ0) is 20.8. The molecule has 0 aromatic heterocycles. The number of rotatable bonds is 7. The van der Waals surface area contributed by atoms with E-state index in [0.717, 1.165) is 11.1 Å². The number of hydrogen-bond donors (Lipinski definition) is 2. The highest BCUT2D eigenvalue weighted by Crippen LogP contribution is 2.23. The predicted octanol–water partition coefficient (Wildman–Crippen LogP) is 2.21. The predicted molar refractivity (Wildman–Crippen MR) is 105 cm³/mol. The molecule has 2 aromatic carbocycles. The molecule has 3 unspecified atom stereocenters. The molecule has 1 fully saturated rings. The van der Waals surface area contributed by atoms with Crippen LogP contribution in [0.4, 0.5) is 0 Å². The fraction of sp³-hybridized carbons (Fsp3) is 0.409. The lowest BCUT2D eigenvalue weighted by molar-refractivity contribution is -0.248. The summed E-state index contributed by atoms with van der Waals surface area (Å²) in [4.78, 5) is 12.4. The molecule has 0 spiro atoms. The molecule has 0 aliphatic carbocycles. The van der Waals surface area contributed by atoms with E-state index in [4.69, 9.17) is 18.9 Å². The molecule has 3 rings (SSSR count). The molecule has 0 bridgehead atoms.